The molecule has 0 aromatic carbocycles. The second-order valence-corrected chi connectivity index (χ2v) is 11.5. The first-order chi connectivity index (χ1) is 9.12. The van der Waals surface area contributed by atoms with Crippen molar-refractivity contribution in [3.63, 3.8) is 0 Å². The van der Waals surface area contributed by atoms with E-state index in [2.05, 4.69) is 39.0 Å². The highest BCUT2D eigenvalue weighted by atomic mass is 28.4. The van der Waals surface area contributed by atoms with Crippen molar-refractivity contribution in [3.8, 4) is 0 Å². The molecule has 0 bridgehead atoms. The van der Waals surface area contributed by atoms with Crippen molar-refractivity contribution in [2.45, 2.75) is 58.3 Å². The van der Waals surface area contributed by atoms with Crippen LogP contribution in [0.1, 0.15) is 32.9 Å². The minimum absolute atomic E-state index is 0.202. The van der Waals surface area contributed by atoms with Crippen LogP contribution in [0, 0.1) is 0 Å². The molecule has 0 saturated carbocycles. The van der Waals surface area contributed by atoms with E-state index in [-0.39, 0.29) is 17.4 Å². The predicted molar refractivity (Wildman–Crippen MR) is 82.9 cm³/mol. The van der Waals surface area contributed by atoms with Crippen LogP contribution < -0.4 is 5.73 Å². The van der Waals surface area contributed by atoms with Gasteiger partial charge in [0.1, 0.15) is 0 Å². The average molecular weight is 297 g/mol. The lowest BCUT2D eigenvalue weighted by atomic mass is 10.2. The van der Waals surface area contributed by atoms with E-state index in [4.69, 9.17) is 10.2 Å². The number of nitrogens with zero attached hydrogens (tertiary/aromatic N) is 2. The molecule has 0 fully saturated rings. The Bertz CT molecular complexity index is 450. The van der Waals surface area contributed by atoms with E-state index in [1.165, 1.54) is 0 Å². The standard InChI is InChI=1S/C14H27N3O2Si/c1-14(2,3)20(4,5)19-10-6-8-17-9-7-12(16-17)11-13(15)18/h7,9H,6,8,10-11H2,1-5H3,(H2,15,18). The van der Waals surface area contributed by atoms with Gasteiger partial charge in [-0.2, -0.15) is 5.10 Å². The number of amides is 1. The maximum Gasteiger partial charge on any atom is 0.223 e. The Morgan fingerprint density at radius 2 is 2.10 bits per heavy atom. The number of aromatic nitrogens is 2. The molecular weight excluding hydrogens is 270 g/mol. The van der Waals surface area contributed by atoms with E-state index < -0.39 is 8.32 Å². The molecule has 114 valence electrons. The molecule has 0 unspecified atom stereocenters. The summed E-state index contributed by atoms with van der Waals surface area (Å²) in [6.45, 7) is 12.8. The van der Waals surface area contributed by atoms with E-state index in [0.29, 0.717) is 0 Å². The van der Waals surface area contributed by atoms with E-state index >= 15 is 0 Å². The Kier molecular flexibility index (Phi) is 5.53. The molecule has 0 radical (unpaired) electrons. The van der Waals surface area contributed by atoms with Crippen molar-refractivity contribution in [2.75, 3.05) is 6.61 Å². The number of hydrogen-bond donors (Lipinski definition) is 1. The molecule has 0 atom stereocenters. The molecule has 1 aromatic rings. The Hall–Kier alpha value is -1.14. The zero-order chi connectivity index (χ0) is 15.4. The number of hydrogen-bond acceptors (Lipinski definition) is 3. The fourth-order valence-electron chi connectivity index (χ4n) is 1.57. The van der Waals surface area contributed by atoms with Crippen molar-refractivity contribution in [1.82, 2.24) is 9.78 Å². The zero-order valence-electron chi connectivity index (χ0n) is 13.3. The molecule has 0 aliphatic rings. The van der Waals surface area contributed by atoms with Gasteiger partial charge in [-0.1, -0.05) is 20.8 Å². The predicted octanol–water partition coefficient (Wildman–Crippen LogP) is 2.32. The van der Waals surface area contributed by atoms with Gasteiger partial charge in [0.15, 0.2) is 8.32 Å². The number of aryl methyl sites for hydroxylation is 1. The fourth-order valence-corrected chi connectivity index (χ4v) is 2.66. The maximum absolute atomic E-state index is 10.8. The number of primary amides is 1. The van der Waals surface area contributed by atoms with Crippen LogP contribution in [0.25, 0.3) is 0 Å². The number of rotatable bonds is 7. The fraction of sp³-hybridized carbons (Fsp3) is 0.714. The van der Waals surface area contributed by atoms with Crippen LogP contribution in [0.2, 0.25) is 18.1 Å². The van der Waals surface area contributed by atoms with Gasteiger partial charge in [-0.05, 0) is 30.6 Å². The second-order valence-electron chi connectivity index (χ2n) is 6.68. The highest BCUT2D eigenvalue weighted by molar-refractivity contribution is 6.74. The van der Waals surface area contributed by atoms with Gasteiger partial charge in [0.05, 0.1) is 12.1 Å². The van der Waals surface area contributed by atoms with Crippen LogP contribution in [0.3, 0.4) is 0 Å². The van der Waals surface area contributed by atoms with Crippen LogP contribution in [-0.4, -0.2) is 30.6 Å². The Labute approximate surface area is 122 Å². The Morgan fingerprint density at radius 1 is 1.45 bits per heavy atom. The molecule has 1 aromatic heterocycles. The Balaban J connectivity index is 2.35. The minimum Gasteiger partial charge on any atom is -0.417 e. The molecule has 5 nitrogen and oxygen atoms in total. The average Bonchev–Trinajstić information content (AvgIpc) is 2.69. The molecule has 0 aliphatic heterocycles. The summed E-state index contributed by atoms with van der Waals surface area (Å²) in [6.07, 6.45) is 3.00. The van der Waals surface area contributed by atoms with Crippen molar-refractivity contribution in [3.05, 3.63) is 18.0 Å². The topological polar surface area (TPSA) is 70.1 Å². The monoisotopic (exact) mass is 297 g/mol. The highest BCUT2D eigenvalue weighted by Crippen LogP contribution is 2.36. The van der Waals surface area contributed by atoms with E-state index in [1.54, 1.807) is 0 Å². The third kappa shape index (κ3) is 5.09. The molecular formula is C14H27N3O2Si. The summed E-state index contributed by atoms with van der Waals surface area (Å²) in [5, 5.41) is 4.55. The molecule has 0 aliphatic carbocycles. The third-order valence-electron chi connectivity index (χ3n) is 3.85. The van der Waals surface area contributed by atoms with E-state index in [1.807, 2.05) is 16.9 Å². The summed E-state index contributed by atoms with van der Waals surface area (Å²) in [7, 11) is -1.65. The lowest BCUT2D eigenvalue weighted by Gasteiger charge is -2.36. The molecule has 1 amide bonds. The number of nitrogens with two attached hydrogens (primary N) is 1. The molecule has 6 heteroatoms. The summed E-state index contributed by atoms with van der Waals surface area (Å²) >= 11 is 0. The molecule has 0 spiro atoms. The quantitative estimate of drug-likeness (QED) is 0.620. The number of carbonyl (C=O) groups is 1. The van der Waals surface area contributed by atoms with Gasteiger partial charge in [-0.25, -0.2) is 0 Å². The van der Waals surface area contributed by atoms with Crippen molar-refractivity contribution >= 4 is 14.2 Å². The minimum atomic E-state index is -1.65. The maximum atomic E-state index is 10.8. The summed E-state index contributed by atoms with van der Waals surface area (Å²) in [4.78, 5) is 10.8. The molecule has 20 heavy (non-hydrogen) atoms. The van der Waals surface area contributed by atoms with Gasteiger partial charge in [0.25, 0.3) is 0 Å². The van der Waals surface area contributed by atoms with Gasteiger partial charge in [0.2, 0.25) is 5.91 Å². The van der Waals surface area contributed by atoms with Crippen LogP contribution in [0.4, 0.5) is 0 Å². The van der Waals surface area contributed by atoms with Crippen molar-refractivity contribution < 1.29 is 9.22 Å². The lowest BCUT2D eigenvalue weighted by molar-refractivity contribution is -0.117. The molecule has 1 rings (SSSR count). The summed E-state index contributed by atoms with van der Waals surface area (Å²) < 4.78 is 7.95. The molecule has 0 saturated heterocycles. The van der Waals surface area contributed by atoms with Gasteiger partial charge in [-0.3, -0.25) is 9.48 Å². The Morgan fingerprint density at radius 3 is 2.65 bits per heavy atom. The zero-order valence-corrected chi connectivity index (χ0v) is 14.3. The van der Waals surface area contributed by atoms with Gasteiger partial charge in [-0.15, -0.1) is 0 Å². The summed E-state index contributed by atoms with van der Waals surface area (Å²) in [6, 6.07) is 1.83. The summed E-state index contributed by atoms with van der Waals surface area (Å²) in [5.41, 5.74) is 5.87. The summed E-state index contributed by atoms with van der Waals surface area (Å²) in [5.74, 6) is -0.350. The van der Waals surface area contributed by atoms with Crippen LogP contribution >= 0.6 is 0 Å². The SMILES string of the molecule is CC(C)(C)[Si](C)(C)OCCCn1ccc(CC(N)=O)n1. The van der Waals surface area contributed by atoms with E-state index in [0.717, 1.165) is 25.3 Å². The number of carbonyl (C=O) groups excluding carboxylic acids is 1. The van der Waals surface area contributed by atoms with Crippen LogP contribution in [0.15, 0.2) is 12.3 Å². The van der Waals surface area contributed by atoms with Crippen molar-refractivity contribution in [2.24, 2.45) is 5.73 Å². The third-order valence-corrected chi connectivity index (χ3v) is 8.39. The lowest BCUT2D eigenvalue weighted by Crippen LogP contribution is -2.41. The first kappa shape index (κ1) is 16.9. The van der Waals surface area contributed by atoms with Crippen LogP contribution in [0.5, 0.6) is 0 Å². The highest BCUT2D eigenvalue weighted by Gasteiger charge is 2.36. The molecule has 1 heterocycles. The van der Waals surface area contributed by atoms with Crippen molar-refractivity contribution in [1.29, 1.82) is 0 Å². The normalized spacial score (nSPS) is 12.7. The van der Waals surface area contributed by atoms with Gasteiger partial charge >= 0.3 is 0 Å². The first-order valence-electron chi connectivity index (χ1n) is 7.06. The smallest absolute Gasteiger partial charge is 0.223 e. The second kappa shape index (κ2) is 6.54. The van der Waals surface area contributed by atoms with Gasteiger partial charge < -0.3 is 10.2 Å². The van der Waals surface area contributed by atoms with E-state index in [9.17, 15) is 4.79 Å². The van der Waals surface area contributed by atoms with Gasteiger partial charge in [0, 0.05) is 19.3 Å². The van der Waals surface area contributed by atoms with Crippen LogP contribution in [-0.2, 0) is 22.2 Å². The molecule has 2 N–H and O–H groups in total. The largest absolute Gasteiger partial charge is 0.417 e. The first-order valence-corrected chi connectivity index (χ1v) is 9.97.